The van der Waals surface area contributed by atoms with Crippen LogP contribution in [0.1, 0.15) is 22.3 Å². The summed E-state index contributed by atoms with van der Waals surface area (Å²) in [5.74, 6) is 1.85. The van der Waals surface area contributed by atoms with Gasteiger partial charge in [-0.25, -0.2) is 0 Å². The molecule has 2 aromatic heterocycles. The zero-order valence-electron chi connectivity index (χ0n) is 26.9. The monoisotopic (exact) mass is 653 g/mol. The second-order valence-electron chi connectivity index (χ2n) is 13.6. The van der Waals surface area contributed by atoms with Gasteiger partial charge in [0.25, 0.3) is 0 Å². The molecule has 10 aromatic rings. The summed E-state index contributed by atoms with van der Waals surface area (Å²) in [5, 5.41) is 7.39. The summed E-state index contributed by atoms with van der Waals surface area (Å²) in [5.41, 5.74) is 10.6. The molecule has 0 N–H and O–H groups in total. The lowest BCUT2D eigenvalue weighted by Gasteiger charge is -2.39. The van der Waals surface area contributed by atoms with Crippen LogP contribution < -0.4 is 4.74 Å². The van der Waals surface area contributed by atoms with Crippen molar-refractivity contribution in [3.63, 3.8) is 0 Å². The molecule has 1 aliphatic carbocycles. The molecular formula is C47H27NOS. The smallest absolute Gasteiger partial charge is 0.142 e. The van der Waals surface area contributed by atoms with Gasteiger partial charge in [0.15, 0.2) is 0 Å². The van der Waals surface area contributed by atoms with Crippen LogP contribution >= 0.6 is 11.3 Å². The second kappa shape index (κ2) is 9.50. The Hall–Kier alpha value is -6.16. The molecule has 0 amide bonds. The first-order chi connectivity index (χ1) is 24.8. The van der Waals surface area contributed by atoms with E-state index in [4.69, 9.17) is 4.74 Å². The summed E-state index contributed by atoms with van der Waals surface area (Å²) >= 11 is 1.86. The number of ether oxygens (including phenoxy) is 1. The number of fused-ring (bicyclic) bond motifs is 18. The summed E-state index contributed by atoms with van der Waals surface area (Å²) in [6, 6.07) is 60.3. The van der Waals surface area contributed by atoms with E-state index in [0.29, 0.717) is 0 Å². The zero-order valence-corrected chi connectivity index (χ0v) is 27.7. The molecule has 0 saturated carbocycles. The standard InChI is InChI=1S/C47H27NOS/c1-2-12-30-28(11-1)21-23-34-44-40(48(45(30)34)29-22-26-43-35(27-29)33-15-5-10-20-42(33)50-43)25-24-39-46(44)49-41-19-9-8-18-38(41)47(39)36-16-6-3-13-31(36)32-14-4-7-17-37(32)47/h1-27H. The Labute approximate surface area is 292 Å². The number of rotatable bonds is 1. The fourth-order valence-electron chi connectivity index (χ4n) is 9.30. The third-order valence-corrected chi connectivity index (χ3v) is 12.4. The van der Waals surface area contributed by atoms with Crippen molar-refractivity contribution in [1.82, 2.24) is 4.57 Å². The van der Waals surface area contributed by atoms with Crippen molar-refractivity contribution in [2.24, 2.45) is 0 Å². The fraction of sp³-hybridized carbons (Fsp3) is 0.0213. The number of hydrogen-bond donors (Lipinski definition) is 0. The lowest BCUT2D eigenvalue weighted by molar-refractivity contribution is 0.442. The van der Waals surface area contributed by atoms with Crippen LogP contribution in [0, 0.1) is 0 Å². The normalized spacial score (nSPS) is 13.9. The molecule has 0 fully saturated rings. The number of benzene rings is 8. The summed E-state index contributed by atoms with van der Waals surface area (Å²) in [7, 11) is 0. The predicted molar refractivity (Wildman–Crippen MR) is 209 cm³/mol. The number of para-hydroxylation sites is 1. The van der Waals surface area contributed by atoms with Gasteiger partial charge in [0.2, 0.25) is 0 Å². The highest BCUT2D eigenvalue weighted by molar-refractivity contribution is 7.25. The van der Waals surface area contributed by atoms with Gasteiger partial charge in [0, 0.05) is 47.8 Å². The van der Waals surface area contributed by atoms with E-state index < -0.39 is 5.41 Å². The molecule has 0 unspecified atom stereocenters. The second-order valence-corrected chi connectivity index (χ2v) is 14.7. The van der Waals surface area contributed by atoms with Gasteiger partial charge in [-0.2, -0.15) is 0 Å². The molecule has 2 aliphatic rings. The Balaban J connectivity index is 1.26. The van der Waals surface area contributed by atoms with Gasteiger partial charge < -0.3 is 9.30 Å². The van der Waals surface area contributed by atoms with Crippen molar-refractivity contribution in [2.75, 3.05) is 0 Å². The molecule has 8 aromatic carbocycles. The molecular weight excluding hydrogens is 627 g/mol. The molecule has 232 valence electrons. The highest BCUT2D eigenvalue weighted by Crippen LogP contribution is 2.63. The molecule has 0 bridgehead atoms. The Kier molecular flexibility index (Phi) is 5.08. The fourth-order valence-corrected chi connectivity index (χ4v) is 10.4. The van der Waals surface area contributed by atoms with Crippen molar-refractivity contribution in [3.8, 4) is 28.3 Å². The minimum Gasteiger partial charge on any atom is -0.456 e. The van der Waals surface area contributed by atoms with Crippen LogP contribution in [0.2, 0.25) is 0 Å². The average Bonchev–Trinajstić information content (AvgIpc) is 3.82. The number of aromatic nitrogens is 1. The van der Waals surface area contributed by atoms with E-state index in [-0.39, 0.29) is 0 Å². The van der Waals surface area contributed by atoms with E-state index in [1.807, 2.05) is 11.3 Å². The van der Waals surface area contributed by atoms with Crippen LogP contribution in [0.3, 0.4) is 0 Å². The topological polar surface area (TPSA) is 14.2 Å². The van der Waals surface area contributed by atoms with Crippen LogP contribution in [0.5, 0.6) is 11.5 Å². The van der Waals surface area contributed by atoms with Crippen LogP contribution in [0.15, 0.2) is 164 Å². The van der Waals surface area contributed by atoms with Crippen molar-refractivity contribution >= 4 is 64.1 Å². The number of thiophene rings is 1. The van der Waals surface area contributed by atoms with E-state index >= 15 is 0 Å². The quantitative estimate of drug-likeness (QED) is 0.172. The van der Waals surface area contributed by atoms with Gasteiger partial charge in [-0.3, -0.25) is 0 Å². The summed E-state index contributed by atoms with van der Waals surface area (Å²) in [6.45, 7) is 0. The van der Waals surface area contributed by atoms with Crippen LogP contribution in [0.25, 0.3) is 69.6 Å². The summed E-state index contributed by atoms with van der Waals surface area (Å²) < 4.78 is 12.3. The third-order valence-electron chi connectivity index (χ3n) is 11.2. The van der Waals surface area contributed by atoms with E-state index in [1.54, 1.807) is 0 Å². The number of hydrogen-bond acceptors (Lipinski definition) is 2. The van der Waals surface area contributed by atoms with Crippen LogP contribution in [-0.4, -0.2) is 4.57 Å². The first-order valence-corrected chi connectivity index (χ1v) is 18.0. The van der Waals surface area contributed by atoms with Crippen LogP contribution in [0.4, 0.5) is 0 Å². The van der Waals surface area contributed by atoms with Crippen LogP contribution in [-0.2, 0) is 5.41 Å². The molecule has 3 heteroatoms. The summed E-state index contributed by atoms with van der Waals surface area (Å²) in [6.07, 6.45) is 0. The van der Waals surface area contributed by atoms with Gasteiger partial charge in [-0.05, 0) is 64.0 Å². The largest absolute Gasteiger partial charge is 0.456 e. The molecule has 0 radical (unpaired) electrons. The van der Waals surface area contributed by atoms with Gasteiger partial charge >= 0.3 is 0 Å². The minimum atomic E-state index is -0.509. The minimum absolute atomic E-state index is 0.509. The zero-order chi connectivity index (χ0) is 32.6. The third kappa shape index (κ3) is 3.19. The molecule has 50 heavy (non-hydrogen) atoms. The van der Waals surface area contributed by atoms with Gasteiger partial charge in [-0.1, -0.05) is 127 Å². The van der Waals surface area contributed by atoms with Crippen molar-refractivity contribution in [1.29, 1.82) is 0 Å². The molecule has 12 rings (SSSR count). The lowest BCUT2D eigenvalue weighted by Crippen LogP contribution is -2.32. The Morgan fingerprint density at radius 2 is 1.16 bits per heavy atom. The molecule has 1 spiro atoms. The first kappa shape index (κ1) is 26.8. The maximum atomic E-state index is 7.18. The Bertz CT molecular complexity index is 3040. The predicted octanol–water partition coefficient (Wildman–Crippen LogP) is 12.8. The molecule has 3 heterocycles. The molecule has 1 aliphatic heterocycles. The van der Waals surface area contributed by atoms with E-state index in [1.165, 1.54) is 75.2 Å². The Morgan fingerprint density at radius 3 is 2.00 bits per heavy atom. The maximum absolute atomic E-state index is 7.18. The van der Waals surface area contributed by atoms with Crippen molar-refractivity contribution < 1.29 is 4.74 Å². The van der Waals surface area contributed by atoms with Crippen molar-refractivity contribution in [2.45, 2.75) is 5.41 Å². The van der Waals surface area contributed by atoms with E-state index in [9.17, 15) is 0 Å². The molecule has 2 nitrogen and oxygen atoms in total. The SMILES string of the molecule is c1ccc2c(c1)Oc1c(ccc3c1c1ccc4ccccc4c1n3-c1ccc3sc4ccccc4c3c1)C21c2ccccc2-c2ccccc21. The first-order valence-electron chi connectivity index (χ1n) is 17.2. The van der Waals surface area contributed by atoms with Gasteiger partial charge in [0.05, 0.1) is 21.8 Å². The summed E-state index contributed by atoms with van der Waals surface area (Å²) in [4.78, 5) is 0. The van der Waals surface area contributed by atoms with E-state index in [2.05, 4.69) is 168 Å². The highest BCUT2D eigenvalue weighted by atomic mass is 32.1. The average molecular weight is 654 g/mol. The van der Waals surface area contributed by atoms with Gasteiger partial charge in [0.1, 0.15) is 11.5 Å². The highest BCUT2D eigenvalue weighted by Gasteiger charge is 2.51. The Morgan fingerprint density at radius 1 is 0.480 bits per heavy atom. The van der Waals surface area contributed by atoms with Gasteiger partial charge in [-0.15, -0.1) is 11.3 Å². The maximum Gasteiger partial charge on any atom is 0.142 e. The molecule has 0 saturated heterocycles. The lowest BCUT2D eigenvalue weighted by atomic mass is 9.66. The molecule has 0 atom stereocenters. The van der Waals surface area contributed by atoms with E-state index in [0.717, 1.165) is 28.1 Å². The number of nitrogens with zero attached hydrogens (tertiary/aromatic N) is 1. The van der Waals surface area contributed by atoms with Crippen molar-refractivity contribution in [3.05, 3.63) is 186 Å².